The van der Waals surface area contributed by atoms with Gasteiger partial charge < -0.3 is 0 Å². The molecule has 7 heteroatoms. The van der Waals surface area contributed by atoms with Gasteiger partial charge >= 0.3 is 121 Å². The molecule has 0 saturated heterocycles. The Morgan fingerprint density at radius 1 is 1.17 bits per heavy atom. The summed E-state index contributed by atoms with van der Waals surface area (Å²) in [6.45, 7) is 2.97. The molecule has 1 aromatic rings. The number of hydrogen-bond donors (Lipinski definition) is 0. The van der Waals surface area contributed by atoms with Gasteiger partial charge in [0.15, 0.2) is 0 Å². The van der Waals surface area contributed by atoms with Crippen LogP contribution in [0.15, 0.2) is 12.1 Å². The van der Waals surface area contributed by atoms with Crippen LogP contribution in [-0.4, -0.2) is 37.1 Å². The first-order valence-corrected chi connectivity index (χ1v) is 9.84. The van der Waals surface area contributed by atoms with E-state index in [1.54, 1.807) is 0 Å². The molecule has 1 unspecified atom stereocenters. The fraction of sp³-hybridized carbons (Fsp3) is 0.455. The minimum atomic E-state index is -0.632. The van der Waals surface area contributed by atoms with Gasteiger partial charge in [-0.25, -0.2) is 0 Å². The van der Waals surface area contributed by atoms with E-state index < -0.39 is 5.03 Å². The zero-order valence-corrected chi connectivity index (χ0v) is 13.1. The van der Waals surface area contributed by atoms with Crippen molar-refractivity contribution in [1.29, 1.82) is 0 Å². The van der Waals surface area contributed by atoms with E-state index in [1.165, 1.54) is 11.1 Å². The summed E-state index contributed by atoms with van der Waals surface area (Å²) in [4.78, 5) is 2.13. The van der Waals surface area contributed by atoms with Crippen molar-refractivity contribution in [2.75, 3.05) is 20.5 Å². The van der Waals surface area contributed by atoms with E-state index in [-0.39, 0.29) is 0 Å². The van der Waals surface area contributed by atoms with Crippen LogP contribution in [0.25, 0.3) is 0 Å². The zero-order chi connectivity index (χ0) is 12.7. The number of halogens is 1. The molecule has 1 atom stereocenters. The van der Waals surface area contributed by atoms with Gasteiger partial charge in [-0.1, -0.05) is 0 Å². The predicted molar refractivity (Wildman–Crippen MR) is 81.1 cm³/mol. The van der Waals surface area contributed by atoms with E-state index in [4.69, 9.17) is 16.5 Å². The van der Waals surface area contributed by atoms with Crippen molar-refractivity contribution in [3.8, 4) is 11.5 Å². The average Bonchev–Trinajstić information content (AvgIpc) is 2.35. The molecule has 0 aliphatic carbocycles. The predicted octanol–water partition coefficient (Wildman–Crippen LogP) is 2.45. The maximum absolute atomic E-state index is 5.94. The molecule has 0 amide bonds. The molecule has 0 spiro atoms. The van der Waals surface area contributed by atoms with Gasteiger partial charge in [0.1, 0.15) is 0 Å². The van der Waals surface area contributed by atoms with E-state index in [2.05, 4.69) is 43.7 Å². The molecule has 4 nitrogen and oxygen atoms in total. The molecule has 0 N–H and O–H groups in total. The maximum atomic E-state index is 5.94. The van der Waals surface area contributed by atoms with Crippen molar-refractivity contribution in [1.82, 2.24) is 9.57 Å². The van der Waals surface area contributed by atoms with Crippen molar-refractivity contribution in [3.63, 3.8) is 0 Å². The summed E-state index contributed by atoms with van der Waals surface area (Å²) >= 11 is 2.26. The van der Waals surface area contributed by atoms with Gasteiger partial charge in [-0.3, -0.25) is 0 Å². The van der Waals surface area contributed by atoms with E-state index in [0.717, 1.165) is 24.6 Å². The molecule has 0 aromatic heterocycles. The summed E-state index contributed by atoms with van der Waals surface area (Å²) in [7, 11) is 7.98. The van der Waals surface area contributed by atoms with Gasteiger partial charge in [0.25, 0.3) is 0 Å². The van der Waals surface area contributed by atoms with Crippen LogP contribution in [0.2, 0.25) is 0 Å². The average molecular weight is 374 g/mol. The van der Waals surface area contributed by atoms with E-state index in [9.17, 15) is 0 Å². The van der Waals surface area contributed by atoms with Gasteiger partial charge in [-0.2, -0.15) is 0 Å². The molecule has 0 fully saturated rings. The third kappa shape index (κ3) is 2.43. The first kappa shape index (κ1) is 12.8. The number of fused-ring (bicyclic) bond motifs is 2. The van der Waals surface area contributed by atoms with Crippen LogP contribution < -0.4 is 9.47 Å². The number of benzene rings is 1. The van der Waals surface area contributed by atoms with Crippen LogP contribution >= 0.6 is 27.1 Å². The summed E-state index contributed by atoms with van der Waals surface area (Å²) in [5, 5.41) is -0.632. The Kier molecular flexibility index (Phi) is 3.62. The van der Waals surface area contributed by atoms with Gasteiger partial charge in [0.2, 0.25) is 0 Å². The minimum absolute atomic E-state index is 0.577. The third-order valence-corrected chi connectivity index (χ3v) is 5.74. The van der Waals surface area contributed by atoms with Crippen molar-refractivity contribution in [2.45, 2.75) is 13.1 Å². The number of hydrogen-bond acceptors (Lipinski definition) is 4. The standard InChI is InChI=1S/C11H13BIN2O2P/c1-14-4-8-2-11-9(3-10(8)16-6-14)5-15(7-17-11)18(12)13/h2-3H,4-7H2,1H3. The Labute approximate surface area is 121 Å². The van der Waals surface area contributed by atoms with Crippen LogP contribution in [0.5, 0.6) is 11.5 Å². The fourth-order valence-electron chi connectivity index (χ4n) is 2.19. The Bertz CT molecular complexity index is 560. The molecule has 2 aliphatic heterocycles. The molecule has 18 heavy (non-hydrogen) atoms. The molecular weight excluding hydrogens is 361 g/mol. The van der Waals surface area contributed by atoms with Crippen LogP contribution in [-0.2, 0) is 13.1 Å². The molecule has 3 rings (SSSR count). The monoisotopic (exact) mass is 374 g/mol. The van der Waals surface area contributed by atoms with E-state index in [1.807, 2.05) is 7.05 Å². The number of rotatable bonds is 0. The molecule has 2 heterocycles. The summed E-state index contributed by atoms with van der Waals surface area (Å²) in [6.07, 6.45) is 0. The van der Waals surface area contributed by atoms with Crippen molar-refractivity contribution in [2.24, 2.45) is 0 Å². The molecular formula is C11H13BIN2O2P. The Balaban J connectivity index is 1.93. The van der Waals surface area contributed by atoms with Gasteiger partial charge in [-0.15, -0.1) is 0 Å². The second-order valence-corrected chi connectivity index (χ2v) is 8.69. The summed E-state index contributed by atoms with van der Waals surface area (Å²) in [6, 6.07) is 4.20. The Morgan fingerprint density at radius 2 is 1.78 bits per heavy atom. The Morgan fingerprint density at radius 3 is 2.44 bits per heavy atom. The normalized spacial score (nSPS) is 20.6. The summed E-state index contributed by atoms with van der Waals surface area (Å²) in [5.41, 5.74) is 2.36. The molecule has 94 valence electrons. The number of ether oxygens (including phenoxy) is 2. The second kappa shape index (κ2) is 5.08. The quantitative estimate of drug-likeness (QED) is 0.396. The SMILES string of the molecule is B#P(I)N1COc2cc3c(cc2C1)OCN(C)C3. The van der Waals surface area contributed by atoms with Crippen molar-refractivity contribution >= 4 is 34.1 Å². The summed E-state index contributed by atoms with van der Waals surface area (Å²) in [5.74, 6) is 1.95. The van der Waals surface area contributed by atoms with Gasteiger partial charge in [0.05, 0.1) is 0 Å². The molecule has 2 aliphatic rings. The van der Waals surface area contributed by atoms with E-state index >= 15 is 0 Å². The first-order chi connectivity index (χ1) is 8.63. The van der Waals surface area contributed by atoms with Crippen LogP contribution in [0.3, 0.4) is 0 Å². The van der Waals surface area contributed by atoms with Gasteiger partial charge in [0, 0.05) is 0 Å². The first-order valence-electron chi connectivity index (χ1n) is 5.69. The molecule has 0 radical (unpaired) electrons. The van der Waals surface area contributed by atoms with Gasteiger partial charge in [-0.05, 0) is 0 Å². The van der Waals surface area contributed by atoms with Crippen molar-refractivity contribution in [3.05, 3.63) is 23.3 Å². The molecule has 0 saturated carbocycles. The molecule has 1 aromatic carbocycles. The van der Waals surface area contributed by atoms with Crippen LogP contribution in [0.1, 0.15) is 11.1 Å². The zero-order valence-electron chi connectivity index (χ0n) is 10.1. The summed E-state index contributed by atoms with van der Waals surface area (Å²) < 4.78 is 13.6. The second-order valence-electron chi connectivity index (χ2n) is 4.58. The third-order valence-electron chi connectivity index (χ3n) is 3.12. The fourth-order valence-corrected chi connectivity index (χ4v) is 3.47. The number of nitrogens with zero attached hydrogens (tertiary/aromatic N) is 2. The Hall–Kier alpha value is -0.165. The topological polar surface area (TPSA) is 24.9 Å². The van der Waals surface area contributed by atoms with Crippen LogP contribution in [0, 0.1) is 0 Å². The van der Waals surface area contributed by atoms with Crippen LogP contribution in [0.4, 0.5) is 0 Å². The van der Waals surface area contributed by atoms with Crippen molar-refractivity contribution < 1.29 is 9.47 Å². The molecule has 0 bridgehead atoms. The van der Waals surface area contributed by atoms with E-state index in [0.29, 0.717) is 13.5 Å².